The van der Waals surface area contributed by atoms with E-state index in [-0.39, 0.29) is 23.0 Å². The number of aliphatic hydroxyl groups is 1. The molecule has 2 saturated carbocycles. The standard InChI is InChI=1S/C20H25BrFNO/c21-17-11-12-18(22)19(16(17)13-23)20(24,14-7-3-1-4-8-14)15-9-5-2-6-10-15/h11-12,14-15,24H,1-10H2. The molecule has 0 radical (unpaired) electrons. The van der Waals surface area contributed by atoms with Crippen LogP contribution < -0.4 is 0 Å². The van der Waals surface area contributed by atoms with Gasteiger partial charge in [-0.2, -0.15) is 5.26 Å². The first kappa shape index (κ1) is 17.9. The van der Waals surface area contributed by atoms with Crippen molar-refractivity contribution in [1.82, 2.24) is 0 Å². The van der Waals surface area contributed by atoms with E-state index in [2.05, 4.69) is 22.0 Å². The molecule has 0 saturated heterocycles. The summed E-state index contributed by atoms with van der Waals surface area (Å²) in [5, 5.41) is 21.6. The quantitative estimate of drug-likeness (QED) is 0.703. The van der Waals surface area contributed by atoms with Crippen molar-refractivity contribution in [3.8, 4) is 6.07 Å². The van der Waals surface area contributed by atoms with Gasteiger partial charge < -0.3 is 5.11 Å². The molecule has 0 bridgehead atoms. The van der Waals surface area contributed by atoms with Crippen molar-refractivity contribution in [3.05, 3.63) is 33.5 Å². The van der Waals surface area contributed by atoms with E-state index in [1.54, 1.807) is 6.07 Å². The Bertz CT molecular complexity index is 609. The molecule has 1 N–H and O–H groups in total. The first-order valence-corrected chi connectivity index (χ1v) is 9.99. The molecule has 2 nitrogen and oxygen atoms in total. The van der Waals surface area contributed by atoms with Crippen LogP contribution in [0.15, 0.2) is 16.6 Å². The number of rotatable bonds is 3. The van der Waals surface area contributed by atoms with Crippen LogP contribution >= 0.6 is 15.9 Å². The zero-order chi connectivity index (χ0) is 17.2. The van der Waals surface area contributed by atoms with Crippen LogP contribution in [0, 0.1) is 29.0 Å². The number of benzene rings is 1. The molecule has 130 valence electrons. The smallest absolute Gasteiger partial charge is 0.130 e. The Morgan fingerprint density at radius 3 is 1.96 bits per heavy atom. The van der Waals surface area contributed by atoms with Gasteiger partial charge in [-0.1, -0.05) is 38.5 Å². The minimum Gasteiger partial charge on any atom is -0.384 e. The van der Waals surface area contributed by atoms with Gasteiger partial charge in [-0.15, -0.1) is 0 Å². The van der Waals surface area contributed by atoms with Gasteiger partial charge in [0, 0.05) is 10.0 Å². The predicted molar refractivity (Wildman–Crippen MR) is 95.9 cm³/mol. The Morgan fingerprint density at radius 1 is 1.00 bits per heavy atom. The Morgan fingerprint density at radius 2 is 1.50 bits per heavy atom. The number of halogens is 2. The molecule has 0 aromatic heterocycles. The maximum atomic E-state index is 14.9. The van der Waals surface area contributed by atoms with Crippen molar-refractivity contribution in [2.75, 3.05) is 0 Å². The lowest BCUT2D eigenvalue weighted by molar-refractivity contribution is -0.101. The van der Waals surface area contributed by atoms with Crippen molar-refractivity contribution in [3.63, 3.8) is 0 Å². The van der Waals surface area contributed by atoms with Gasteiger partial charge in [0.2, 0.25) is 0 Å². The topological polar surface area (TPSA) is 44.0 Å². The van der Waals surface area contributed by atoms with Gasteiger partial charge in [-0.25, -0.2) is 4.39 Å². The second kappa shape index (κ2) is 7.54. The summed E-state index contributed by atoms with van der Waals surface area (Å²) in [4.78, 5) is 0. The fourth-order valence-corrected chi connectivity index (χ4v) is 5.30. The highest BCUT2D eigenvalue weighted by Gasteiger charge is 2.48. The van der Waals surface area contributed by atoms with E-state index in [0.29, 0.717) is 4.47 Å². The minimum absolute atomic E-state index is 0.0465. The normalized spacial score (nSPS) is 20.8. The molecule has 3 rings (SSSR count). The van der Waals surface area contributed by atoms with E-state index in [1.807, 2.05) is 0 Å². The van der Waals surface area contributed by atoms with Gasteiger partial charge in [-0.05, 0) is 65.6 Å². The van der Waals surface area contributed by atoms with Gasteiger partial charge in [0.1, 0.15) is 11.9 Å². The molecule has 4 heteroatoms. The summed E-state index contributed by atoms with van der Waals surface area (Å²) < 4.78 is 15.5. The molecular formula is C20H25BrFNO. The molecule has 0 heterocycles. The third-order valence-electron chi connectivity index (χ3n) is 6.07. The van der Waals surface area contributed by atoms with Crippen molar-refractivity contribution in [2.45, 2.75) is 69.8 Å². The lowest BCUT2D eigenvalue weighted by Gasteiger charge is -2.46. The molecule has 2 aliphatic rings. The van der Waals surface area contributed by atoms with Crippen LogP contribution in [0.4, 0.5) is 4.39 Å². The van der Waals surface area contributed by atoms with Crippen LogP contribution in [-0.4, -0.2) is 5.11 Å². The lowest BCUT2D eigenvalue weighted by atomic mass is 9.62. The van der Waals surface area contributed by atoms with Crippen LogP contribution in [0.3, 0.4) is 0 Å². The summed E-state index contributed by atoms with van der Waals surface area (Å²) in [7, 11) is 0. The summed E-state index contributed by atoms with van der Waals surface area (Å²) >= 11 is 3.38. The maximum Gasteiger partial charge on any atom is 0.130 e. The third kappa shape index (κ3) is 3.13. The van der Waals surface area contributed by atoms with E-state index in [4.69, 9.17) is 0 Å². The fourth-order valence-electron chi connectivity index (χ4n) is 4.88. The van der Waals surface area contributed by atoms with Crippen molar-refractivity contribution >= 4 is 15.9 Å². The zero-order valence-electron chi connectivity index (χ0n) is 14.0. The number of nitrogens with zero attached hydrogens (tertiary/aromatic N) is 1. The van der Waals surface area contributed by atoms with E-state index in [0.717, 1.165) is 51.4 Å². The number of hydrogen-bond acceptors (Lipinski definition) is 2. The van der Waals surface area contributed by atoms with E-state index >= 15 is 0 Å². The first-order valence-electron chi connectivity index (χ1n) is 9.20. The number of nitriles is 1. The second-order valence-corrected chi connectivity index (χ2v) is 8.24. The SMILES string of the molecule is N#Cc1c(Br)ccc(F)c1C(O)(C1CCCCC1)C1CCCCC1. The van der Waals surface area contributed by atoms with E-state index in [9.17, 15) is 14.8 Å². The molecule has 1 aromatic rings. The summed E-state index contributed by atoms with van der Waals surface area (Å²) in [6.45, 7) is 0. The highest BCUT2D eigenvalue weighted by atomic mass is 79.9. The molecule has 1 aromatic carbocycles. The number of hydrogen-bond donors (Lipinski definition) is 1. The zero-order valence-corrected chi connectivity index (χ0v) is 15.6. The fraction of sp³-hybridized carbons (Fsp3) is 0.650. The summed E-state index contributed by atoms with van der Waals surface area (Å²) in [6, 6.07) is 5.10. The summed E-state index contributed by atoms with van der Waals surface area (Å²) in [6.07, 6.45) is 10.4. The molecule has 2 aliphatic carbocycles. The summed E-state index contributed by atoms with van der Waals surface area (Å²) in [5.74, 6) is -0.344. The second-order valence-electron chi connectivity index (χ2n) is 7.39. The first-order chi connectivity index (χ1) is 11.6. The highest BCUT2D eigenvalue weighted by Crippen LogP contribution is 2.51. The van der Waals surface area contributed by atoms with E-state index in [1.165, 1.54) is 18.9 Å². The third-order valence-corrected chi connectivity index (χ3v) is 6.73. The monoisotopic (exact) mass is 393 g/mol. The Hall–Kier alpha value is -0.920. The van der Waals surface area contributed by atoms with Crippen molar-refractivity contribution in [1.29, 1.82) is 5.26 Å². The summed E-state index contributed by atoms with van der Waals surface area (Å²) in [5.41, 5.74) is -0.702. The van der Waals surface area contributed by atoms with Crippen LogP contribution in [-0.2, 0) is 5.60 Å². The van der Waals surface area contributed by atoms with E-state index < -0.39 is 11.4 Å². The van der Waals surface area contributed by atoms with Gasteiger partial charge in [0.05, 0.1) is 11.2 Å². The Kier molecular flexibility index (Phi) is 5.62. The minimum atomic E-state index is -1.22. The van der Waals surface area contributed by atoms with Crippen LogP contribution in [0.25, 0.3) is 0 Å². The van der Waals surface area contributed by atoms with Crippen LogP contribution in [0.2, 0.25) is 0 Å². The Labute approximate surface area is 152 Å². The molecule has 0 atom stereocenters. The van der Waals surface area contributed by atoms with Gasteiger partial charge in [0.25, 0.3) is 0 Å². The largest absolute Gasteiger partial charge is 0.384 e. The molecule has 0 unspecified atom stereocenters. The molecule has 0 spiro atoms. The van der Waals surface area contributed by atoms with Crippen LogP contribution in [0.5, 0.6) is 0 Å². The molecule has 0 aliphatic heterocycles. The molecular weight excluding hydrogens is 369 g/mol. The average molecular weight is 394 g/mol. The molecule has 2 fully saturated rings. The van der Waals surface area contributed by atoms with Crippen LogP contribution in [0.1, 0.15) is 75.3 Å². The van der Waals surface area contributed by atoms with Crippen molar-refractivity contribution < 1.29 is 9.50 Å². The predicted octanol–water partition coefficient (Wildman–Crippen LogP) is 5.81. The lowest BCUT2D eigenvalue weighted by Crippen LogP contribution is -2.45. The maximum absolute atomic E-state index is 14.9. The van der Waals surface area contributed by atoms with Gasteiger partial charge >= 0.3 is 0 Å². The Balaban J connectivity index is 2.14. The molecule has 0 amide bonds. The van der Waals surface area contributed by atoms with Gasteiger partial charge in [-0.3, -0.25) is 0 Å². The van der Waals surface area contributed by atoms with Crippen molar-refractivity contribution in [2.24, 2.45) is 11.8 Å². The highest BCUT2D eigenvalue weighted by molar-refractivity contribution is 9.10. The average Bonchev–Trinajstić information content (AvgIpc) is 2.64. The van der Waals surface area contributed by atoms with Gasteiger partial charge in [0.15, 0.2) is 0 Å². The molecule has 24 heavy (non-hydrogen) atoms.